The van der Waals surface area contributed by atoms with Gasteiger partial charge in [-0.1, -0.05) is 6.07 Å². The van der Waals surface area contributed by atoms with E-state index in [0.717, 1.165) is 42.7 Å². The molecule has 0 heterocycles. The number of aliphatic hydroxyl groups is 1. The van der Waals surface area contributed by atoms with E-state index in [2.05, 4.69) is 12.2 Å². The van der Waals surface area contributed by atoms with E-state index in [1.807, 2.05) is 18.2 Å². The Morgan fingerprint density at radius 1 is 1.15 bits per heavy atom. The van der Waals surface area contributed by atoms with Crippen LogP contribution in [0.4, 0.5) is 0 Å². The van der Waals surface area contributed by atoms with E-state index in [1.165, 1.54) is 0 Å². The number of aliphatic hydroxyl groups excluding tert-OH is 1. The summed E-state index contributed by atoms with van der Waals surface area (Å²) < 4.78 is 10.7. The predicted molar refractivity (Wildman–Crippen MR) is 79.4 cm³/mol. The predicted octanol–water partition coefficient (Wildman–Crippen LogP) is 2.66. The fraction of sp³-hybridized carbons (Fsp3) is 0.625. The number of rotatable bonds is 5. The zero-order chi connectivity index (χ0) is 14.5. The first-order valence-electron chi connectivity index (χ1n) is 7.30. The van der Waals surface area contributed by atoms with Gasteiger partial charge in [-0.3, -0.25) is 0 Å². The number of nitrogens with one attached hydrogen (secondary N) is 1. The van der Waals surface area contributed by atoms with Crippen LogP contribution in [0.2, 0.25) is 0 Å². The molecule has 1 aromatic rings. The van der Waals surface area contributed by atoms with E-state index in [0.29, 0.717) is 6.04 Å². The highest BCUT2D eigenvalue weighted by atomic mass is 16.5. The lowest BCUT2D eigenvalue weighted by Crippen LogP contribution is -2.36. The largest absolute Gasteiger partial charge is 0.497 e. The molecular formula is C16H25NO3. The van der Waals surface area contributed by atoms with Gasteiger partial charge < -0.3 is 19.9 Å². The number of hydrogen-bond donors (Lipinski definition) is 2. The highest BCUT2D eigenvalue weighted by Gasteiger charge is 2.22. The van der Waals surface area contributed by atoms with Gasteiger partial charge in [-0.25, -0.2) is 0 Å². The second-order valence-corrected chi connectivity index (χ2v) is 5.50. The third kappa shape index (κ3) is 3.64. The summed E-state index contributed by atoms with van der Waals surface area (Å²) in [6.45, 7) is 2.15. The first kappa shape index (κ1) is 15.1. The summed E-state index contributed by atoms with van der Waals surface area (Å²) in [4.78, 5) is 0. The molecule has 1 unspecified atom stereocenters. The van der Waals surface area contributed by atoms with E-state index in [-0.39, 0.29) is 12.1 Å². The number of benzene rings is 1. The molecule has 0 radical (unpaired) electrons. The standard InChI is InChI=1S/C16H25NO3/c1-11(17-12-4-6-13(18)7-5-12)15-9-8-14(19-2)10-16(15)20-3/h8-13,17-18H,4-7H2,1-3H3. The normalized spacial score (nSPS) is 24.2. The number of ether oxygens (including phenoxy) is 2. The lowest BCUT2D eigenvalue weighted by atomic mass is 9.92. The van der Waals surface area contributed by atoms with Gasteiger partial charge in [-0.2, -0.15) is 0 Å². The van der Waals surface area contributed by atoms with Crippen molar-refractivity contribution in [2.45, 2.75) is 50.8 Å². The number of hydrogen-bond acceptors (Lipinski definition) is 4. The SMILES string of the molecule is COc1ccc(C(C)NC2CCC(O)CC2)c(OC)c1. The smallest absolute Gasteiger partial charge is 0.127 e. The Labute approximate surface area is 121 Å². The Hall–Kier alpha value is -1.26. The molecule has 0 saturated heterocycles. The molecule has 0 spiro atoms. The first-order chi connectivity index (χ1) is 9.63. The van der Waals surface area contributed by atoms with Crippen LogP contribution in [0.5, 0.6) is 11.5 Å². The molecule has 0 amide bonds. The molecule has 4 heteroatoms. The van der Waals surface area contributed by atoms with Crippen molar-refractivity contribution in [1.82, 2.24) is 5.32 Å². The van der Waals surface area contributed by atoms with Gasteiger partial charge in [-0.05, 0) is 38.7 Å². The highest BCUT2D eigenvalue weighted by Crippen LogP contribution is 2.30. The van der Waals surface area contributed by atoms with E-state index in [4.69, 9.17) is 9.47 Å². The minimum atomic E-state index is -0.112. The zero-order valence-corrected chi connectivity index (χ0v) is 12.6. The molecule has 1 fully saturated rings. The van der Waals surface area contributed by atoms with E-state index >= 15 is 0 Å². The molecule has 112 valence electrons. The fourth-order valence-corrected chi connectivity index (χ4v) is 2.86. The molecule has 1 aliphatic rings. The molecule has 1 aliphatic carbocycles. The van der Waals surface area contributed by atoms with Gasteiger partial charge in [0.2, 0.25) is 0 Å². The maximum Gasteiger partial charge on any atom is 0.127 e. The summed E-state index contributed by atoms with van der Waals surface area (Å²) in [6.07, 6.45) is 3.74. The lowest BCUT2D eigenvalue weighted by Gasteiger charge is -2.29. The minimum Gasteiger partial charge on any atom is -0.497 e. The van der Waals surface area contributed by atoms with Crippen molar-refractivity contribution >= 4 is 0 Å². The van der Waals surface area contributed by atoms with Gasteiger partial charge in [0.25, 0.3) is 0 Å². The molecular weight excluding hydrogens is 254 g/mol. The van der Waals surface area contributed by atoms with Crippen LogP contribution in [0, 0.1) is 0 Å². The van der Waals surface area contributed by atoms with Gasteiger partial charge in [0, 0.05) is 23.7 Å². The van der Waals surface area contributed by atoms with Crippen LogP contribution in [0.25, 0.3) is 0 Å². The lowest BCUT2D eigenvalue weighted by molar-refractivity contribution is 0.114. The number of methoxy groups -OCH3 is 2. The highest BCUT2D eigenvalue weighted by molar-refractivity contribution is 5.42. The van der Waals surface area contributed by atoms with Gasteiger partial charge >= 0.3 is 0 Å². The van der Waals surface area contributed by atoms with Crippen LogP contribution < -0.4 is 14.8 Å². The first-order valence-corrected chi connectivity index (χ1v) is 7.30. The summed E-state index contributed by atoms with van der Waals surface area (Å²) in [5.74, 6) is 1.65. The summed E-state index contributed by atoms with van der Waals surface area (Å²) in [6, 6.07) is 6.61. The summed E-state index contributed by atoms with van der Waals surface area (Å²) >= 11 is 0. The van der Waals surface area contributed by atoms with Crippen molar-refractivity contribution in [2.75, 3.05) is 14.2 Å². The van der Waals surface area contributed by atoms with Crippen molar-refractivity contribution in [3.05, 3.63) is 23.8 Å². The van der Waals surface area contributed by atoms with Gasteiger partial charge in [-0.15, -0.1) is 0 Å². The molecule has 2 N–H and O–H groups in total. The van der Waals surface area contributed by atoms with Gasteiger partial charge in [0.15, 0.2) is 0 Å². The Morgan fingerprint density at radius 2 is 1.85 bits per heavy atom. The summed E-state index contributed by atoms with van der Waals surface area (Å²) in [7, 11) is 3.34. The minimum absolute atomic E-state index is 0.112. The maximum atomic E-state index is 9.56. The molecule has 1 aromatic carbocycles. The molecule has 0 aromatic heterocycles. The van der Waals surface area contributed by atoms with Crippen molar-refractivity contribution in [1.29, 1.82) is 0 Å². The average molecular weight is 279 g/mol. The summed E-state index contributed by atoms with van der Waals surface area (Å²) in [5.41, 5.74) is 1.14. The molecule has 2 rings (SSSR count). The quantitative estimate of drug-likeness (QED) is 0.870. The summed E-state index contributed by atoms with van der Waals surface area (Å²) in [5, 5.41) is 13.2. The van der Waals surface area contributed by atoms with Crippen LogP contribution >= 0.6 is 0 Å². The van der Waals surface area contributed by atoms with E-state index in [1.54, 1.807) is 14.2 Å². The van der Waals surface area contributed by atoms with Gasteiger partial charge in [0.05, 0.1) is 20.3 Å². The second-order valence-electron chi connectivity index (χ2n) is 5.50. The Kier molecular flexibility index (Phi) is 5.26. The molecule has 1 atom stereocenters. The van der Waals surface area contributed by atoms with Crippen molar-refractivity contribution in [3.63, 3.8) is 0 Å². The van der Waals surface area contributed by atoms with Gasteiger partial charge in [0.1, 0.15) is 11.5 Å². The van der Waals surface area contributed by atoms with Crippen LogP contribution in [-0.4, -0.2) is 31.5 Å². The van der Waals surface area contributed by atoms with E-state index < -0.39 is 0 Å². The van der Waals surface area contributed by atoms with Crippen LogP contribution in [0.1, 0.15) is 44.2 Å². The molecule has 1 saturated carbocycles. The maximum absolute atomic E-state index is 9.56. The average Bonchev–Trinajstić information content (AvgIpc) is 2.48. The van der Waals surface area contributed by atoms with Crippen molar-refractivity contribution in [3.8, 4) is 11.5 Å². The Bertz CT molecular complexity index is 428. The molecule has 4 nitrogen and oxygen atoms in total. The van der Waals surface area contributed by atoms with Crippen LogP contribution in [0.3, 0.4) is 0 Å². The molecule has 20 heavy (non-hydrogen) atoms. The van der Waals surface area contributed by atoms with E-state index in [9.17, 15) is 5.11 Å². The Balaban J connectivity index is 2.03. The van der Waals surface area contributed by atoms with Crippen molar-refractivity contribution < 1.29 is 14.6 Å². The zero-order valence-electron chi connectivity index (χ0n) is 12.6. The van der Waals surface area contributed by atoms with Crippen LogP contribution in [0.15, 0.2) is 18.2 Å². The monoisotopic (exact) mass is 279 g/mol. The topological polar surface area (TPSA) is 50.7 Å². The molecule has 0 aliphatic heterocycles. The fourth-order valence-electron chi connectivity index (χ4n) is 2.86. The molecule has 0 bridgehead atoms. The Morgan fingerprint density at radius 3 is 2.45 bits per heavy atom. The van der Waals surface area contributed by atoms with Crippen LogP contribution in [-0.2, 0) is 0 Å². The third-order valence-corrected chi connectivity index (χ3v) is 4.09. The van der Waals surface area contributed by atoms with Crippen molar-refractivity contribution in [2.24, 2.45) is 0 Å². The second kappa shape index (κ2) is 6.95. The third-order valence-electron chi connectivity index (χ3n) is 4.09.